The molecule has 0 bridgehead atoms. The molecule has 32 heavy (non-hydrogen) atoms. The first-order valence-corrected chi connectivity index (χ1v) is 11.7. The van der Waals surface area contributed by atoms with Crippen LogP contribution in [0.2, 0.25) is 0 Å². The summed E-state index contributed by atoms with van der Waals surface area (Å²) in [6.45, 7) is 6.59. The summed E-state index contributed by atoms with van der Waals surface area (Å²) in [6, 6.07) is 11.1. The molecular formula is C23H28N4O4S. The number of aryl methyl sites for hydroxylation is 1. The van der Waals surface area contributed by atoms with E-state index in [-0.39, 0.29) is 29.3 Å². The molecule has 0 saturated carbocycles. The van der Waals surface area contributed by atoms with Crippen molar-refractivity contribution < 1.29 is 19.1 Å². The van der Waals surface area contributed by atoms with Gasteiger partial charge in [0.1, 0.15) is 5.82 Å². The predicted octanol–water partition coefficient (Wildman–Crippen LogP) is 2.59. The lowest BCUT2D eigenvalue weighted by Crippen LogP contribution is -2.49. The number of nitrogens with zero attached hydrogens (tertiary/aromatic N) is 3. The van der Waals surface area contributed by atoms with Crippen molar-refractivity contribution in [2.24, 2.45) is 0 Å². The zero-order valence-corrected chi connectivity index (χ0v) is 19.2. The molecule has 0 unspecified atom stereocenters. The average molecular weight is 457 g/mol. The molecule has 1 aromatic carbocycles. The smallest absolute Gasteiger partial charge is 0.339 e. The van der Waals surface area contributed by atoms with Crippen LogP contribution in [0.4, 0.5) is 11.5 Å². The van der Waals surface area contributed by atoms with Crippen molar-refractivity contribution in [1.82, 2.24) is 9.88 Å². The molecular weight excluding hydrogens is 428 g/mol. The van der Waals surface area contributed by atoms with Crippen LogP contribution in [0.25, 0.3) is 0 Å². The van der Waals surface area contributed by atoms with E-state index in [0.29, 0.717) is 38.3 Å². The molecule has 3 rings (SSSR count). The van der Waals surface area contributed by atoms with Crippen LogP contribution in [0.5, 0.6) is 0 Å². The number of nitrogens with one attached hydrogen (secondary N) is 1. The van der Waals surface area contributed by atoms with E-state index in [4.69, 9.17) is 4.74 Å². The predicted molar refractivity (Wildman–Crippen MR) is 126 cm³/mol. The summed E-state index contributed by atoms with van der Waals surface area (Å²) in [6.07, 6.45) is 1.52. The minimum atomic E-state index is -0.382. The van der Waals surface area contributed by atoms with Gasteiger partial charge in [-0.25, -0.2) is 9.78 Å². The second-order valence-electron chi connectivity index (χ2n) is 7.40. The number of anilines is 2. The van der Waals surface area contributed by atoms with E-state index in [0.717, 1.165) is 17.1 Å². The lowest BCUT2D eigenvalue weighted by Gasteiger charge is -2.35. The number of piperazine rings is 1. The van der Waals surface area contributed by atoms with Gasteiger partial charge in [-0.1, -0.05) is 17.7 Å². The number of hydrogen-bond acceptors (Lipinski definition) is 7. The standard InChI is InChI=1S/C23H28N4O4S/c1-3-31-23(30)18-6-9-20(24-14-18)26-10-12-27(13-11-26)22(29)16-32-15-21(28)25-19-7-4-17(2)5-8-19/h4-9,14H,3,10-13,15-16H2,1-2H3,(H,25,28). The molecule has 170 valence electrons. The van der Waals surface area contributed by atoms with Gasteiger partial charge < -0.3 is 19.9 Å². The summed E-state index contributed by atoms with van der Waals surface area (Å²) >= 11 is 1.32. The highest BCUT2D eigenvalue weighted by molar-refractivity contribution is 8.00. The summed E-state index contributed by atoms with van der Waals surface area (Å²) in [5, 5.41) is 2.84. The SMILES string of the molecule is CCOC(=O)c1ccc(N2CCN(C(=O)CSCC(=O)Nc3ccc(C)cc3)CC2)nc1. The third-order valence-electron chi connectivity index (χ3n) is 5.01. The van der Waals surface area contributed by atoms with Crippen LogP contribution in [-0.4, -0.2) is 72.0 Å². The van der Waals surface area contributed by atoms with Gasteiger partial charge in [-0.2, -0.15) is 0 Å². The van der Waals surface area contributed by atoms with Crippen molar-refractivity contribution in [3.05, 3.63) is 53.7 Å². The van der Waals surface area contributed by atoms with Crippen molar-refractivity contribution in [3.63, 3.8) is 0 Å². The van der Waals surface area contributed by atoms with E-state index in [1.165, 1.54) is 18.0 Å². The maximum absolute atomic E-state index is 12.5. The third kappa shape index (κ3) is 6.71. The van der Waals surface area contributed by atoms with Crippen molar-refractivity contribution in [3.8, 4) is 0 Å². The number of ether oxygens (including phenoxy) is 1. The Morgan fingerprint density at radius 3 is 2.38 bits per heavy atom. The lowest BCUT2D eigenvalue weighted by molar-refractivity contribution is -0.128. The largest absolute Gasteiger partial charge is 0.462 e. The Balaban J connectivity index is 1.38. The van der Waals surface area contributed by atoms with Gasteiger partial charge in [0, 0.05) is 38.1 Å². The number of rotatable bonds is 8. The molecule has 1 aliphatic rings. The summed E-state index contributed by atoms with van der Waals surface area (Å²) in [5.41, 5.74) is 2.31. The van der Waals surface area contributed by atoms with Gasteiger partial charge in [0.05, 0.1) is 23.7 Å². The topological polar surface area (TPSA) is 91.8 Å². The molecule has 1 aromatic heterocycles. The van der Waals surface area contributed by atoms with E-state index < -0.39 is 0 Å². The number of pyridine rings is 1. The first kappa shape index (κ1) is 23.6. The van der Waals surface area contributed by atoms with Gasteiger partial charge in [-0.05, 0) is 38.1 Å². The molecule has 1 N–H and O–H groups in total. The molecule has 1 fully saturated rings. The van der Waals surface area contributed by atoms with Gasteiger partial charge >= 0.3 is 5.97 Å². The monoisotopic (exact) mass is 456 g/mol. The normalized spacial score (nSPS) is 13.6. The Kier molecular flexibility index (Phi) is 8.49. The maximum atomic E-state index is 12.5. The Hall–Kier alpha value is -3.07. The zero-order valence-electron chi connectivity index (χ0n) is 18.4. The van der Waals surface area contributed by atoms with Crippen LogP contribution in [0.15, 0.2) is 42.6 Å². The lowest BCUT2D eigenvalue weighted by atomic mass is 10.2. The van der Waals surface area contributed by atoms with Crippen molar-refractivity contribution in [2.45, 2.75) is 13.8 Å². The van der Waals surface area contributed by atoms with E-state index in [2.05, 4.69) is 15.2 Å². The molecule has 1 saturated heterocycles. The fourth-order valence-corrected chi connectivity index (χ4v) is 3.97. The van der Waals surface area contributed by atoms with Gasteiger partial charge in [0.15, 0.2) is 0 Å². The van der Waals surface area contributed by atoms with Crippen LogP contribution in [-0.2, 0) is 14.3 Å². The molecule has 0 spiro atoms. The minimum absolute atomic E-state index is 0.0309. The number of aromatic nitrogens is 1. The maximum Gasteiger partial charge on any atom is 0.339 e. The van der Waals surface area contributed by atoms with Gasteiger partial charge in [0.25, 0.3) is 0 Å². The number of benzene rings is 1. The fourth-order valence-electron chi connectivity index (χ4n) is 3.25. The number of hydrogen-bond donors (Lipinski definition) is 1. The Morgan fingerprint density at radius 1 is 1.03 bits per heavy atom. The fraction of sp³-hybridized carbons (Fsp3) is 0.391. The van der Waals surface area contributed by atoms with Crippen molar-refractivity contribution >= 4 is 41.1 Å². The molecule has 8 nitrogen and oxygen atoms in total. The molecule has 0 aliphatic carbocycles. The Labute approximate surface area is 192 Å². The Morgan fingerprint density at radius 2 is 1.75 bits per heavy atom. The van der Waals surface area contributed by atoms with Crippen LogP contribution in [0.1, 0.15) is 22.8 Å². The molecule has 2 heterocycles. The summed E-state index contributed by atoms with van der Waals surface area (Å²) in [5.74, 6) is 0.806. The number of carbonyl (C=O) groups excluding carboxylic acids is 3. The molecule has 1 aliphatic heterocycles. The molecule has 0 radical (unpaired) electrons. The first-order chi connectivity index (χ1) is 15.5. The van der Waals surface area contributed by atoms with Gasteiger partial charge in [-0.3, -0.25) is 9.59 Å². The van der Waals surface area contributed by atoms with Crippen LogP contribution in [0.3, 0.4) is 0 Å². The quantitative estimate of drug-likeness (QED) is 0.611. The van der Waals surface area contributed by atoms with Crippen molar-refractivity contribution in [2.75, 3.05) is 54.5 Å². The number of esters is 1. The Bertz CT molecular complexity index is 926. The van der Waals surface area contributed by atoms with Gasteiger partial charge in [-0.15, -0.1) is 11.8 Å². The van der Waals surface area contributed by atoms with Crippen LogP contribution >= 0.6 is 11.8 Å². The summed E-state index contributed by atoms with van der Waals surface area (Å²) < 4.78 is 4.97. The molecule has 2 aromatic rings. The van der Waals surface area contributed by atoms with E-state index in [1.807, 2.05) is 36.1 Å². The minimum Gasteiger partial charge on any atom is -0.462 e. The average Bonchev–Trinajstić information content (AvgIpc) is 2.81. The molecule has 0 atom stereocenters. The highest BCUT2D eigenvalue weighted by Gasteiger charge is 2.22. The highest BCUT2D eigenvalue weighted by atomic mass is 32.2. The van der Waals surface area contributed by atoms with E-state index >= 15 is 0 Å². The molecule has 9 heteroatoms. The van der Waals surface area contributed by atoms with Crippen molar-refractivity contribution in [1.29, 1.82) is 0 Å². The number of thioether (sulfide) groups is 1. The third-order valence-corrected chi connectivity index (χ3v) is 5.93. The van der Waals surface area contributed by atoms with E-state index in [9.17, 15) is 14.4 Å². The highest BCUT2D eigenvalue weighted by Crippen LogP contribution is 2.16. The van der Waals surface area contributed by atoms with Crippen LogP contribution in [0, 0.1) is 6.92 Å². The summed E-state index contributed by atoms with van der Waals surface area (Å²) in [7, 11) is 0. The summed E-state index contributed by atoms with van der Waals surface area (Å²) in [4.78, 5) is 44.5. The second-order valence-corrected chi connectivity index (χ2v) is 8.39. The number of amides is 2. The van der Waals surface area contributed by atoms with E-state index in [1.54, 1.807) is 19.1 Å². The first-order valence-electron chi connectivity index (χ1n) is 10.6. The zero-order chi connectivity index (χ0) is 22.9. The second kappa shape index (κ2) is 11.5. The number of carbonyl (C=O) groups is 3. The molecule has 2 amide bonds. The van der Waals surface area contributed by atoms with Gasteiger partial charge in [0.2, 0.25) is 11.8 Å². The van der Waals surface area contributed by atoms with Crippen LogP contribution < -0.4 is 10.2 Å².